The number of rotatable bonds is 6. The zero-order valence-corrected chi connectivity index (χ0v) is 26.0. The van der Waals surface area contributed by atoms with Gasteiger partial charge in [0.05, 0.1) is 25.6 Å². The molecule has 4 aliphatic rings. The minimum atomic E-state index is -1.34. The Bertz CT molecular complexity index is 1350. The van der Waals surface area contributed by atoms with Crippen molar-refractivity contribution in [1.82, 2.24) is 0 Å². The predicted octanol–water partition coefficient (Wildman–Crippen LogP) is 3.36. The van der Waals surface area contributed by atoms with E-state index in [4.69, 9.17) is 23.7 Å². The summed E-state index contributed by atoms with van der Waals surface area (Å²) in [4.78, 5) is 52.5. The lowest BCUT2D eigenvalue weighted by atomic mass is 9.80. The first-order chi connectivity index (χ1) is 20.1. The predicted molar refractivity (Wildman–Crippen MR) is 153 cm³/mol. The summed E-state index contributed by atoms with van der Waals surface area (Å²) in [6, 6.07) is 7.03. The van der Waals surface area contributed by atoms with Gasteiger partial charge in [-0.05, 0) is 54.0 Å². The van der Waals surface area contributed by atoms with Gasteiger partial charge >= 0.3 is 17.9 Å². The van der Waals surface area contributed by atoms with Crippen molar-refractivity contribution in [3.8, 4) is 5.75 Å². The molecule has 0 spiro atoms. The molecule has 0 radical (unpaired) electrons. The maximum atomic E-state index is 14.2. The Kier molecular flexibility index (Phi) is 7.79. The SMILES string of the molecule is COc1ccc(CC(=O)OC2C(C)=CC34OC3(CC(C)C4O)C(=O)C(C)C(OC(C)=O)C3C(C2OC(C)=O)C3(C)C)cc1. The molecule has 5 rings (SSSR count). The van der Waals surface area contributed by atoms with Gasteiger partial charge < -0.3 is 28.8 Å². The highest BCUT2D eigenvalue weighted by Crippen LogP contribution is 2.68. The van der Waals surface area contributed by atoms with Crippen LogP contribution in [0.3, 0.4) is 0 Å². The number of hydrogen-bond donors (Lipinski definition) is 1. The van der Waals surface area contributed by atoms with Crippen LogP contribution in [0.1, 0.15) is 60.5 Å². The first-order valence-electron chi connectivity index (χ1n) is 14.9. The molecule has 10 heteroatoms. The van der Waals surface area contributed by atoms with E-state index >= 15 is 0 Å². The van der Waals surface area contributed by atoms with E-state index in [-0.39, 0.29) is 24.0 Å². The van der Waals surface area contributed by atoms with Gasteiger partial charge in [-0.1, -0.05) is 39.8 Å². The number of Topliss-reactive ketones (excluding diaryl/α,β-unsaturated/α-hetero) is 1. The number of benzene rings is 1. The Morgan fingerprint density at radius 1 is 0.977 bits per heavy atom. The zero-order valence-electron chi connectivity index (χ0n) is 26.0. The van der Waals surface area contributed by atoms with Crippen LogP contribution in [0.5, 0.6) is 5.75 Å². The average molecular weight is 599 g/mol. The van der Waals surface area contributed by atoms with E-state index in [0.29, 0.717) is 23.3 Å². The highest BCUT2D eigenvalue weighted by molar-refractivity contribution is 5.96. The number of fused-ring (bicyclic) bond motifs is 1. The maximum Gasteiger partial charge on any atom is 0.310 e. The van der Waals surface area contributed by atoms with Crippen LogP contribution in [0.2, 0.25) is 0 Å². The van der Waals surface area contributed by atoms with Gasteiger partial charge in [0, 0.05) is 25.7 Å². The summed E-state index contributed by atoms with van der Waals surface area (Å²) in [6.45, 7) is 11.8. The Morgan fingerprint density at radius 2 is 1.56 bits per heavy atom. The van der Waals surface area contributed by atoms with Gasteiger partial charge in [0.25, 0.3) is 0 Å². The van der Waals surface area contributed by atoms with Crippen LogP contribution in [0.25, 0.3) is 0 Å². The molecular weight excluding hydrogens is 556 g/mol. The van der Waals surface area contributed by atoms with Gasteiger partial charge in [-0.15, -0.1) is 0 Å². The number of carbonyl (C=O) groups is 4. The molecule has 1 saturated heterocycles. The number of esters is 3. The molecule has 234 valence electrons. The van der Waals surface area contributed by atoms with Crippen LogP contribution in [0.15, 0.2) is 35.9 Å². The Balaban J connectivity index is 1.60. The van der Waals surface area contributed by atoms with Crippen molar-refractivity contribution in [2.45, 2.75) is 96.9 Å². The smallest absolute Gasteiger partial charge is 0.310 e. The van der Waals surface area contributed by atoms with E-state index in [1.54, 1.807) is 51.3 Å². The summed E-state index contributed by atoms with van der Waals surface area (Å²) in [6.07, 6.45) is -1.92. The third-order valence-electron chi connectivity index (χ3n) is 10.1. The highest BCUT2D eigenvalue weighted by atomic mass is 16.7. The summed E-state index contributed by atoms with van der Waals surface area (Å²) >= 11 is 0. The molecule has 10 unspecified atom stereocenters. The van der Waals surface area contributed by atoms with Crippen molar-refractivity contribution in [3.63, 3.8) is 0 Å². The number of ether oxygens (including phenoxy) is 5. The van der Waals surface area contributed by atoms with Crippen LogP contribution in [0, 0.1) is 29.1 Å². The number of aliphatic hydroxyl groups excluding tert-OH is 1. The van der Waals surface area contributed by atoms with E-state index in [1.165, 1.54) is 13.8 Å². The molecule has 1 aromatic rings. The number of ketones is 1. The second-order valence-corrected chi connectivity index (χ2v) is 13.3. The lowest BCUT2D eigenvalue weighted by molar-refractivity contribution is -0.167. The molecule has 0 bridgehead atoms. The van der Waals surface area contributed by atoms with Crippen molar-refractivity contribution in [3.05, 3.63) is 41.5 Å². The lowest BCUT2D eigenvalue weighted by Crippen LogP contribution is -2.43. The second kappa shape index (κ2) is 10.7. The first kappa shape index (κ1) is 31.2. The summed E-state index contributed by atoms with van der Waals surface area (Å²) in [7, 11) is 1.56. The third-order valence-corrected chi connectivity index (χ3v) is 10.1. The average Bonchev–Trinajstić information content (AvgIpc) is 3.73. The number of aliphatic hydroxyl groups is 1. The van der Waals surface area contributed by atoms with Crippen LogP contribution in [-0.2, 0) is 44.5 Å². The van der Waals surface area contributed by atoms with E-state index < -0.39 is 70.8 Å². The number of methoxy groups -OCH3 is 1. The molecule has 2 saturated carbocycles. The summed E-state index contributed by atoms with van der Waals surface area (Å²) in [5.74, 6) is -3.07. The van der Waals surface area contributed by atoms with E-state index in [0.717, 1.165) is 0 Å². The zero-order chi connectivity index (χ0) is 31.6. The molecule has 1 heterocycles. The number of carbonyl (C=O) groups excluding carboxylic acids is 4. The molecule has 3 aliphatic carbocycles. The number of hydrogen-bond acceptors (Lipinski definition) is 10. The largest absolute Gasteiger partial charge is 0.497 e. The van der Waals surface area contributed by atoms with E-state index in [2.05, 4.69) is 0 Å². The van der Waals surface area contributed by atoms with Gasteiger partial charge in [-0.25, -0.2) is 0 Å². The molecule has 10 nitrogen and oxygen atoms in total. The Hall–Kier alpha value is -3.24. The first-order valence-corrected chi connectivity index (χ1v) is 14.9. The fourth-order valence-electron chi connectivity index (χ4n) is 7.94. The van der Waals surface area contributed by atoms with Crippen molar-refractivity contribution in [2.75, 3.05) is 7.11 Å². The molecular formula is C33H42O10. The number of epoxide rings is 1. The van der Waals surface area contributed by atoms with Crippen molar-refractivity contribution < 1.29 is 48.0 Å². The van der Waals surface area contributed by atoms with Crippen LogP contribution in [-0.4, -0.2) is 71.5 Å². The van der Waals surface area contributed by atoms with Crippen molar-refractivity contribution in [1.29, 1.82) is 0 Å². The van der Waals surface area contributed by atoms with Gasteiger partial charge in [0.15, 0.2) is 23.1 Å². The van der Waals surface area contributed by atoms with Crippen molar-refractivity contribution in [2.24, 2.45) is 29.1 Å². The van der Waals surface area contributed by atoms with Crippen LogP contribution >= 0.6 is 0 Å². The monoisotopic (exact) mass is 598 g/mol. The van der Waals surface area contributed by atoms with Gasteiger partial charge in [-0.3, -0.25) is 19.2 Å². The van der Waals surface area contributed by atoms with E-state index in [1.807, 2.05) is 20.8 Å². The highest BCUT2D eigenvalue weighted by Gasteiger charge is 2.82. The second-order valence-electron chi connectivity index (χ2n) is 13.3. The van der Waals surface area contributed by atoms with Crippen LogP contribution in [0.4, 0.5) is 0 Å². The van der Waals surface area contributed by atoms with Gasteiger partial charge in [0.2, 0.25) is 0 Å². The summed E-state index contributed by atoms with van der Waals surface area (Å²) in [5, 5.41) is 11.3. The summed E-state index contributed by atoms with van der Waals surface area (Å²) in [5.41, 5.74) is -1.99. The minimum Gasteiger partial charge on any atom is -0.497 e. The van der Waals surface area contributed by atoms with Gasteiger partial charge in [0.1, 0.15) is 18.0 Å². The molecule has 0 amide bonds. The fourth-order valence-corrected chi connectivity index (χ4v) is 7.94. The fraction of sp³-hybridized carbons (Fsp3) is 0.636. The molecule has 0 aromatic heterocycles. The van der Waals surface area contributed by atoms with Crippen molar-refractivity contribution >= 4 is 23.7 Å². The standard InChI is InChI=1S/C33H42O10/c1-16-14-32-29(37)17(2)15-33(32,43-32)30(38)18(3)27(40-19(4)34)24-25(31(24,6)7)28(41-20(5)35)26(16)42-23(36)13-21-9-11-22(39-8)12-10-21/h9-12,14,17-18,24-29,37H,13,15H2,1-8H3. The lowest BCUT2D eigenvalue weighted by Gasteiger charge is -2.30. The Labute approximate surface area is 252 Å². The molecule has 3 fully saturated rings. The molecule has 1 aromatic carbocycles. The molecule has 43 heavy (non-hydrogen) atoms. The topological polar surface area (TPSA) is 138 Å². The Morgan fingerprint density at radius 3 is 2.14 bits per heavy atom. The van der Waals surface area contributed by atoms with E-state index in [9.17, 15) is 24.3 Å². The molecule has 1 aliphatic heterocycles. The summed E-state index contributed by atoms with van der Waals surface area (Å²) < 4.78 is 29.3. The normalized spacial score (nSPS) is 39.1. The maximum absolute atomic E-state index is 14.2. The third kappa shape index (κ3) is 5.06. The molecule has 10 atom stereocenters. The minimum absolute atomic E-state index is 0.0467. The van der Waals surface area contributed by atoms with Crippen LogP contribution < -0.4 is 4.74 Å². The van der Waals surface area contributed by atoms with Gasteiger partial charge in [-0.2, -0.15) is 0 Å². The molecule has 1 N–H and O–H groups in total. The quantitative estimate of drug-likeness (QED) is 0.225.